The maximum atomic E-state index is 8.65. The van der Waals surface area contributed by atoms with Crippen LogP contribution in [0.15, 0.2) is 12.1 Å². The quantitative estimate of drug-likeness (QED) is 0.786. The maximum Gasteiger partial charge on any atom is 0.135 e. The summed E-state index contributed by atoms with van der Waals surface area (Å²) < 4.78 is 0. The van der Waals surface area contributed by atoms with E-state index in [0.29, 0.717) is 23.1 Å². The molecule has 0 fully saturated rings. The predicted octanol–water partition coefficient (Wildman–Crippen LogP) is 2.16. The number of aliphatic hydroxyl groups excluding tert-OH is 1. The van der Waals surface area contributed by atoms with E-state index >= 15 is 0 Å². The summed E-state index contributed by atoms with van der Waals surface area (Å²) >= 11 is 11.5. The number of aromatic nitrogens is 1. The summed E-state index contributed by atoms with van der Waals surface area (Å²) in [6.07, 6.45) is 1.33. The minimum absolute atomic E-state index is 0.131. The summed E-state index contributed by atoms with van der Waals surface area (Å²) in [6.45, 7) is 0.131. The van der Waals surface area contributed by atoms with Crippen molar-refractivity contribution in [1.29, 1.82) is 0 Å². The Hall–Kier alpha value is -0.350. The van der Waals surface area contributed by atoms with Crippen molar-refractivity contribution in [2.45, 2.75) is 18.9 Å². The molecule has 5 heteroatoms. The van der Waals surface area contributed by atoms with Crippen LogP contribution in [0.1, 0.15) is 24.4 Å². The normalized spacial score (nSPS) is 12.9. The first-order chi connectivity index (χ1) is 6.65. The Morgan fingerprint density at radius 1 is 1.43 bits per heavy atom. The molecule has 1 aromatic heterocycles. The molecule has 3 N–H and O–H groups in total. The average molecular weight is 235 g/mol. The van der Waals surface area contributed by atoms with Crippen LogP contribution in [0.3, 0.4) is 0 Å². The molecule has 1 rings (SSSR count). The molecule has 3 nitrogen and oxygen atoms in total. The number of nitrogens with zero attached hydrogens (tertiary/aromatic N) is 1. The van der Waals surface area contributed by atoms with Crippen molar-refractivity contribution < 1.29 is 5.11 Å². The van der Waals surface area contributed by atoms with E-state index in [1.165, 1.54) is 0 Å². The molecule has 0 aliphatic carbocycles. The molecular weight excluding hydrogens is 223 g/mol. The van der Waals surface area contributed by atoms with Gasteiger partial charge in [-0.15, -0.1) is 0 Å². The molecule has 0 amide bonds. The molecule has 78 valence electrons. The number of hydrogen-bond acceptors (Lipinski definition) is 3. The van der Waals surface area contributed by atoms with Crippen molar-refractivity contribution >= 4 is 23.2 Å². The SMILES string of the molecule is N[C@H](CCCO)c1ccc(Cl)nc1Cl. The van der Waals surface area contributed by atoms with Gasteiger partial charge in [0.25, 0.3) is 0 Å². The summed E-state index contributed by atoms with van der Waals surface area (Å²) in [5.74, 6) is 0. The molecule has 0 unspecified atom stereocenters. The fourth-order valence-corrected chi connectivity index (χ4v) is 1.65. The topological polar surface area (TPSA) is 59.1 Å². The second-order valence-corrected chi connectivity index (χ2v) is 3.73. The fourth-order valence-electron chi connectivity index (χ4n) is 1.17. The number of aliphatic hydroxyl groups is 1. The lowest BCUT2D eigenvalue weighted by atomic mass is 10.1. The van der Waals surface area contributed by atoms with Crippen molar-refractivity contribution in [3.05, 3.63) is 28.0 Å². The highest BCUT2D eigenvalue weighted by Crippen LogP contribution is 2.24. The molecule has 1 atom stereocenters. The second-order valence-electron chi connectivity index (χ2n) is 2.99. The highest BCUT2D eigenvalue weighted by molar-refractivity contribution is 6.32. The van der Waals surface area contributed by atoms with Crippen LogP contribution < -0.4 is 5.73 Å². The molecule has 1 heterocycles. The first kappa shape index (κ1) is 11.7. The zero-order valence-electron chi connectivity index (χ0n) is 7.58. The molecule has 1 aromatic rings. The Kier molecular flexibility index (Phi) is 4.62. The van der Waals surface area contributed by atoms with E-state index in [1.54, 1.807) is 12.1 Å². The number of nitrogens with two attached hydrogens (primary N) is 1. The summed E-state index contributed by atoms with van der Waals surface area (Å²) in [5, 5.41) is 9.34. The van der Waals surface area contributed by atoms with Crippen molar-refractivity contribution in [3.8, 4) is 0 Å². The van der Waals surface area contributed by atoms with Gasteiger partial charge in [-0.2, -0.15) is 0 Å². The first-order valence-corrected chi connectivity index (χ1v) is 5.09. The van der Waals surface area contributed by atoms with Crippen LogP contribution in [-0.2, 0) is 0 Å². The van der Waals surface area contributed by atoms with Crippen LogP contribution in [0.4, 0.5) is 0 Å². The van der Waals surface area contributed by atoms with E-state index in [2.05, 4.69) is 4.98 Å². The van der Waals surface area contributed by atoms with Gasteiger partial charge < -0.3 is 10.8 Å². The molecule has 0 radical (unpaired) electrons. The molecule has 0 spiro atoms. The van der Waals surface area contributed by atoms with Gasteiger partial charge >= 0.3 is 0 Å². The largest absolute Gasteiger partial charge is 0.396 e. The average Bonchev–Trinajstić information content (AvgIpc) is 2.14. The molecule has 0 aliphatic rings. The van der Waals surface area contributed by atoms with Crippen LogP contribution in [0.5, 0.6) is 0 Å². The Balaban J connectivity index is 2.74. The molecule has 14 heavy (non-hydrogen) atoms. The van der Waals surface area contributed by atoms with E-state index in [9.17, 15) is 0 Å². The van der Waals surface area contributed by atoms with Crippen molar-refractivity contribution in [1.82, 2.24) is 4.98 Å². The van der Waals surface area contributed by atoms with Gasteiger partial charge in [-0.25, -0.2) is 4.98 Å². The Morgan fingerprint density at radius 2 is 2.14 bits per heavy atom. The van der Waals surface area contributed by atoms with Gasteiger partial charge in [-0.05, 0) is 18.9 Å². The predicted molar refractivity (Wildman–Crippen MR) is 57.5 cm³/mol. The monoisotopic (exact) mass is 234 g/mol. The van der Waals surface area contributed by atoms with E-state index in [4.69, 9.17) is 34.0 Å². The lowest BCUT2D eigenvalue weighted by Gasteiger charge is -2.12. The molecule has 0 saturated heterocycles. The standard InChI is InChI=1S/C9H12Cl2N2O/c10-8-4-3-6(9(11)13-8)7(12)2-1-5-14/h3-4,7,14H,1-2,5,12H2/t7-/m1/s1. The van der Waals surface area contributed by atoms with E-state index in [-0.39, 0.29) is 12.6 Å². The van der Waals surface area contributed by atoms with Gasteiger partial charge in [0, 0.05) is 18.2 Å². The van der Waals surface area contributed by atoms with Crippen LogP contribution in [0.25, 0.3) is 0 Å². The maximum absolute atomic E-state index is 8.65. The first-order valence-electron chi connectivity index (χ1n) is 4.33. The summed E-state index contributed by atoms with van der Waals surface area (Å²) in [6, 6.07) is 3.22. The third kappa shape index (κ3) is 3.10. The van der Waals surface area contributed by atoms with Crippen molar-refractivity contribution in [2.75, 3.05) is 6.61 Å². The van der Waals surface area contributed by atoms with Gasteiger partial charge in [0.2, 0.25) is 0 Å². The van der Waals surface area contributed by atoms with Gasteiger partial charge in [0.15, 0.2) is 0 Å². The molecule has 0 aliphatic heterocycles. The number of rotatable bonds is 4. The van der Waals surface area contributed by atoms with E-state index < -0.39 is 0 Å². The van der Waals surface area contributed by atoms with E-state index in [1.807, 2.05) is 0 Å². The van der Waals surface area contributed by atoms with E-state index in [0.717, 1.165) is 5.56 Å². The number of pyridine rings is 1. The van der Waals surface area contributed by atoms with Crippen LogP contribution >= 0.6 is 23.2 Å². The minimum atomic E-state index is -0.195. The third-order valence-electron chi connectivity index (χ3n) is 1.92. The summed E-state index contributed by atoms with van der Waals surface area (Å²) in [4.78, 5) is 3.89. The third-order valence-corrected chi connectivity index (χ3v) is 2.43. The number of halogens is 2. The lowest BCUT2D eigenvalue weighted by Crippen LogP contribution is -2.11. The molecular formula is C9H12Cl2N2O. The van der Waals surface area contributed by atoms with Crippen molar-refractivity contribution in [3.63, 3.8) is 0 Å². The van der Waals surface area contributed by atoms with Gasteiger partial charge in [0.1, 0.15) is 10.3 Å². The van der Waals surface area contributed by atoms with Gasteiger partial charge in [-0.1, -0.05) is 29.3 Å². The minimum Gasteiger partial charge on any atom is -0.396 e. The molecule has 0 bridgehead atoms. The molecule has 0 aromatic carbocycles. The van der Waals surface area contributed by atoms with Gasteiger partial charge in [0.05, 0.1) is 0 Å². The highest BCUT2D eigenvalue weighted by atomic mass is 35.5. The smallest absolute Gasteiger partial charge is 0.135 e. The highest BCUT2D eigenvalue weighted by Gasteiger charge is 2.10. The fraction of sp³-hybridized carbons (Fsp3) is 0.444. The summed E-state index contributed by atoms with van der Waals surface area (Å²) in [7, 11) is 0. The van der Waals surface area contributed by atoms with Crippen molar-refractivity contribution in [2.24, 2.45) is 5.73 Å². The Labute approximate surface area is 92.9 Å². The Morgan fingerprint density at radius 3 is 2.71 bits per heavy atom. The van der Waals surface area contributed by atoms with Gasteiger partial charge in [-0.3, -0.25) is 0 Å². The zero-order valence-corrected chi connectivity index (χ0v) is 9.09. The molecule has 0 saturated carbocycles. The number of hydrogen-bond donors (Lipinski definition) is 2. The second kappa shape index (κ2) is 5.51. The lowest BCUT2D eigenvalue weighted by molar-refractivity contribution is 0.280. The summed E-state index contributed by atoms with van der Waals surface area (Å²) in [5.41, 5.74) is 6.62. The Bertz CT molecular complexity index is 307. The van der Waals surface area contributed by atoms with Crippen LogP contribution in [0.2, 0.25) is 10.3 Å². The van der Waals surface area contributed by atoms with Crippen LogP contribution in [0, 0.1) is 0 Å². The zero-order chi connectivity index (χ0) is 10.6. The van der Waals surface area contributed by atoms with Crippen LogP contribution in [-0.4, -0.2) is 16.7 Å².